The van der Waals surface area contributed by atoms with Crippen molar-refractivity contribution in [3.05, 3.63) is 30.3 Å². The summed E-state index contributed by atoms with van der Waals surface area (Å²) in [6.45, 7) is 3.32. The first kappa shape index (κ1) is 20.2. The number of hydrogen-bond donors (Lipinski definition) is 3. The van der Waals surface area contributed by atoms with Crippen LogP contribution in [0.15, 0.2) is 35.2 Å². The second kappa shape index (κ2) is 8.66. The Hall–Kier alpha value is -1.52. The summed E-state index contributed by atoms with van der Waals surface area (Å²) in [5.74, 6) is 0.0865. The minimum Gasteiger partial charge on any atom is -0.389 e. The molecule has 0 radical (unpaired) electrons. The van der Waals surface area contributed by atoms with Gasteiger partial charge in [0.05, 0.1) is 29.8 Å². The Morgan fingerprint density at radius 1 is 1.26 bits per heavy atom. The lowest BCUT2D eigenvalue weighted by molar-refractivity contribution is -0.129. The zero-order valence-electron chi connectivity index (χ0n) is 15.4. The first-order valence-electron chi connectivity index (χ1n) is 9.23. The third kappa shape index (κ3) is 5.05. The molecule has 1 aromatic carbocycles. The first-order valence-corrected chi connectivity index (χ1v) is 10.7. The molecule has 150 valence electrons. The van der Waals surface area contributed by atoms with Gasteiger partial charge in [-0.05, 0) is 25.0 Å². The summed E-state index contributed by atoms with van der Waals surface area (Å²) >= 11 is 0. The Morgan fingerprint density at radius 2 is 1.93 bits per heavy atom. The summed E-state index contributed by atoms with van der Waals surface area (Å²) in [6, 6.07) is 8.08. The van der Waals surface area contributed by atoms with Crippen LogP contribution in [0.2, 0.25) is 0 Å². The zero-order chi connectivity index (χ0) is 19.4. The van der Waals surface area contributed by atoms with Crippen molar-refractivity contribution in [1.29, 1.82) is 0 Å². The van der Waals surface area contributed by atoms with Crippen molar-refractivity contribution in [3.63, 3.8) is 0 Å². The standard InChI is InChI=1S/C18H27N3O5S/c1-13(22)21-9-7-14(8-10-21)20-16-12-26-17(18(16)23)11-19-27(24,25)15-5-3-2-4-6-15/h2-6,14,16-20,23H,7-12H2,1H3/t16-,17-,18+/m1/s1. The maximum Gasteiger partial charge on any atom is 0.240 e. The number of nitrogens with one attached hydrogen (secondary N) is 2. The number of likely N-dealkylation sites (tertiary alicyclic amines) is 1. The van der Waals surface area contributed by atoms with Crippen LogP contribution in [0.1, 0.15) is 19.8 Å². The number of aliphatic hydroxyl groups excluding tert-OH is 1. The van der Waals surface area contributed by atoms with Gasteiger partial charge in [-0.25, -0.2) is 13.1 Å². The van der Waals surface area contributed by atoms with E-state index in [0.717, 1.165) is 12.8 Å². The van der Waals surface area contributed by atoms with Gasteiger partial charge in [-0.15, -0.1) is 0 Å². The van der Waals surface area contributed by atoms with Gasteiger partial charge in [0.15, 0.2) is 0 Å². The van der Waals surface area contributed by atoms with Gasteiger partial charge in [0.25, 0.3) is 0 Å². The molecule has 0 spiro atoms. The summed E-state index contributed by atoms with van der Waals surface area (Å²) in [5, 5.41) is 13.9. The third-order valence-corrected chi connectivity index (χ3v) is 6.64. The topological polar surface area (TPSA) is 108 Å². The van der Waals surface area contributed by atoms with Gasteiger partial charge in [0.2, 0.25) is 15.9 Å². The molecule has 2 saturated heterocycles. The van der Waals surface area contributed by atoms with Gasteiger partial charge >= 0.3 is 0 Å². The smallest absolute Gasteiger partial charge is 0.240 e. The van der Waals surface area contributed by atoms with Crippen molar-refractivity contribution in [3.8, 4) is 0 Å². The van der Waals surface area contributed by atoms with Gasteiger partial charge in [-0.1, -0.05) is 18.2 Å². The highest BCUT2D eigenvalue weighted by molar-refractivity contribution is 7.89. The molecule has 8 nitrogen and oxygen atoms in total. The molecule has 0 aliphatic carbocycles. The van der Waals surface area contributed by atoms with Crippen LogP contribution in [-0.4, -0.2) is 74.9 Å². The van der Waals surface area contributed by atoms with Crippen LogP contribution in [0.4, 0.5) is 0 Å². The number of carbonyl (C=O) groups is 1. The predicted octanol–water partition coefficient (Wildman–Crippen LogP) is -0.306. The molecular formula is C18H27N3O5S. The second-order valence-electron chi connectivity index (χ2n) is 7.08. The summed E-state index contributed by atoms with van der Waals surface area (Å²) in [7, 11) is -3.63. The Bertz CT molecular complexity index is 735. The summed E-state index contributed by atoms with van der Waals surface area (Å²) in [6.07, 6.45) is 0.259. The number of amides is 1. The van der Waals surface area contributed by atoms with E-state index in [1.54, 1.807) is 25.1 Å². The normalized spacial score (nSPS) is 27.0. The monoisotopic (exact) mass is 397 g/mol. The Morgan fingerprint density at radius 3 is 2.56 bits per heavy atom. The van der Waals surface area contributed by atoms with Crippen LogP contribution in [0, 0.1) is 0 Å². The Kier molecular flexibility index (Phi) is 6.48. The number of rotatable bonds is 6. The van der Waals surface area contributed by atoms with Gasteiger partial charge < -0.3 is 20.1 Å². The number of benzene rings is 1. The number of sulfonamides is 1. The lowest BCUT2D eigenvalue weighted by Gasteiger charge is -2.33. The van der Waals surface area contributed by atoms with Crippen LogP contribution in [0.5, 0.6) is 0 Å². The van der Waals surface area contributed by atoms with Gasteiger partial charge in [-0.3, -0.25) is 4.79 Å². The van der Waals surface area contributed by atoms with Crippen LogP contribution < -0.4 is 10.0 Å². The molecule has 1 aromatic rings. The molecule has 2 heterocycles. The molecule has 9 heteroatoms. The quantitative estimate of drug-likeness (QED) is 0.608. The Labute approximate surface area is 159 Å². The number of ether oxygens (including phenoxy) is 1. The number of nitrogens with zero attached hydrogens (tertiary/aromatic N) is 1. The molecule has 0 saturated carbocycles. The molecule has 3 rings (SSSR count). The maximum atomic E-state index is 12.3. The fourth-order valence-electron chi connectivity index (χ4n) is 3.55. The van der Waals surface area contributed by atoms with Crippen molar-refractivity contribution in [2.75, 3.05) is 26.2 Å². The lowest BCUT2D eigenvalue weighted by Crippen LogP contribution is -2.51. The Balaban J connectivity index is 1.47. The molecule has 0 bridgehead atoms. The fraction of sp³-hybridized carbons (Fsp3) is 0.611. The molecule has 0 aromatic heterocycles. The molecule has 27 heavy (non-hydrogen) atoms. The fourth-order valence-corrected chi connectivity index (χ4v) is 4.61. The molecule has 2 aliphatic rings. The van der Waals surface area contributed by atoms with E-state index in [1.165, 1.54) is 12.1 Å². The highest BCUT2D eigenvalue weighted by Gasteiger charge is 2.38. The number of aliphatic hydroxyl groups is 1. The van der Waals surface area contributed by atoms with Gasteiger partial charge in [0.1, 0.15) is 0 Å². The number of hydrogen-bond acceptors (Lipinski definition) is 6. The van der Waals surface area contributed by atoms with Gasteiger partial charge in [0, 0.05) is 32.6 Å². The number of carbonyl (C=O) groups excluding carboxylic acids is 1. The van der Waals surface area contributed by atoms with E-state index in [1.807, 2.05) is 4.90 Å². The third-order valence-electron chi connectivity index (χ3n) is 5.20. The molecular weight excluding hydrogens is 370 g/mol. The summed E-state index contributed by atoms with van der Waals surface area (Å²) in [5.41, 5.74) is 0. The van der Waals surface area contributed by atoms with E-state index in [2.05, 4.69) is 10.0 Å². The maximum absolute atomic E-state index is 12.3. The summed E-state index contributed by atoms with van der Waals surface area (Å²) < 4.78 is 32.7. The average Bonchev–Trinajstić information content (AvgIpc) is 3.01. The molecule has 3 atom stereocenters. The summed E-state index contributed by atoms with van der Waals surface area (Å²) in [4.78, 5) is 13.4. The minimum atomic E-state index is -3.63. The molecule has 2 fully saturated rings. The molecule has 3 N–H and O–H groups in total. The number of piperidine rings is 1. The van der Waals surface area contributed by atoms with Crippen LogP contribution in [-0.2, 0) is 19.6 Å². The van der Waals surface area contributed by atoms with Crippen molar-refractivity contribution in [1.82, 2.24) is 14.9 Å². The van der Waals surface area contributed by atoms with Crippen molar-refractivity contribution < 1.29 is 23.1 Å². The van der Waals surface area contributed by atoms with Crippen LogP contribution >= 0.6 is 0 Å². The average molecular weight is 397 g/mol. The van der Waals surface area contributed by atoms with E-state index in [0.29, 0.717) is 19.7 Å². The zero-order valence-corrected chi connectivity index (χ0v) is 16.2. The highest BCUT2D eigenvalue weighted by Crippen LogP contribution is 2.18. The van der Waals surface area contributed by atoms with E-state index >= 15 is 0 Å². The SMILES string of the molecule is CC(=O)N1CCC(N[C@@H]2CO[C@H](CNS(=O)(=O)c3ccccc3)[C@H]2O)CC1. The predicted molar refractivity (Wildman–Crippen MR) is 99.6 cm³/mol. The van der Waals surface area contributed by atoms with Gasteiger partial charge in [-0.2, -0.15) is 0 Å². The molecule has 1 amide bonds. The lowest BCUT2D eigenvalue weighted by atomic mass is 10.0. The van der Waals surface area contributed by atoms with E-state index in [-0.39, 0.29) is 29.4 Å². The van der Waals surface area contributed by atoms with E-state index in [4.69, 9.17) is 4.74 Å². The molecule has 0 unspecified atom stereocenters. The van der Waals surface area contributed by atoms with Crippen molar-refractivity contribution in [2.24, 2.45) is 0 Å². The van der Waals surface area contributed by atoms with E-state index in [9.17, 15) is 18.3 Å². The van der Waals surface area contributed by atoms with Crippen LogP contribution in [0.25, 0.3) is 0 Å². The second-order valence-corrected chi connectivity index (χ2v) is 8.85. The highest BCUT2D eigenvalue weighted by atomic mass is 32.2. The van der Waals surface area contributed by atoms with E-state index < -0.39 is 22.2 Å². The first-order chi connectivity index (χ1) is 12.9. The van der Waals surface area contributed by atoms with Crippen molar-refractivity contribution >= 4 is 15.9 Å². The van der Waals surface area contributed by atoms with Crippen LogP contribution in [0.3, 0.4) is 0 Å². The van der Waals surface area contributed by atoms with Crippen molar-refractivity contribution in [2.45, 2.75) is 49.0 Å². The molecule has 2 aliphatic heterocycles. The minimum absolute atomic E-state index is 0.0132. The largest absolute Gasteiger partial charge is 0.389 e.